The van der Waals surface area contributed by atoms with E-state index in [1.165, 1.54) is 6.42 Å². The summed E-state index contributed by atoms with van der Waals surface area (Å²) in [5.41, 5.74) is 0. The fourth-order valence-electron chi connectivity index (χ4n) is 0.595. The molecule has 1 fully saturated rings. The smallest absolute Gasteiger partial charge is 0.0701 e. The Morgan fingerprint density at radius 2 is 1.21 bits per heavy atom. The molecule has 1 aliphatic rings. The average Bonchev–Trinajstić information content (AvgIpc) is 2.08. The maximum atomic E-state index is 8.26. The predicted molar refractivity (Wildman–Crippen MR) is 51.2 cm³/mol. The molecular weight excluding hydrogens is 188 g/mol. The largest absolute Gasteiger partial charge is 0.394 e. The van der Waals surface area contributed by atoms with Crippen LogP contribution in [0.4, 0.5) is 0 Å². The summed E-state index contributed by atoms with van der Waals surface area (Å²) in [6, 6.07) is 0. The maximum absolute atomic E-state index is 8.26. The minimum atomic E-state index is 0.0417. The zero-order valence-electron chi connectivity index (χ0n) is 8.48. The van der Waals surface area contributed by atoms with Gasteiger partial charge in [0.1, 0.15) is 0 Å². The first-order chi connectivity index (χ1) is 6.91. The molecule has 1 saturated heterocycles. The highest BCUT2D eigenvalue weighted by Crippen LogP contribution is 1.93. The quantitative estimate of drug-likeness (QED) is 0.547. The highest BCUT2D eigenvalue weighted by molar-refractivity contribution is 4.41. The second-order valence-electron chi connectivity index (χ2n) is 2.64. The molecule has 0 spiro atoms. The van der Waals surface area contributed by atoms with Gasteiger partial charge in [-0.1, -0.05) is 0 Å². The third-order valence-electron chi connectivity index (χ3n) is 1.42. The van der Waals surface area contributed by atoms with Gasteiger partial charge in [0.15, 0.2) is 0 Å². The van der Waals surface area contributed by atoms with E-state index in [1.807, 2.05) is 0 Å². The van der Waals surface area contributed by atoms with Gasteiger partial charge in [-0.15, -0.1) is 0 Å². The van der Waals surface area contributed by atoms with Crippen LogP contribution in [-0.2, 0) is 14.2 Å². The number of ether oxygens (including phenoxy) is 3. The van der Waals surface area contributed by atoms with Crippen LogP contribution in [0.2, 0.25) is 0 Å². The van der Waals surface area contributed by atoms with Gasteiger partial charge in [-0.3, -0.25) is 0 Å². The minimum absolute atomic E-state index is 0.0417. The molecule has 0 aromatic heterocycles. The van der Waals surface area contributed by atoms with Crippen LogP contribution in [0.3, 0.4) is 0 Å². The molecule has 14 heavy (non-hydrogen) atoms. The molecule has 1 heterocycles. The first-order valence-corrected chi connectivity index (χ1v) is 4.86. The van der Waals surface area contributed by atoms with E-state index < -0.39 is 0 Å². The van der Waals surface area contributed by atoms with Crippen LogP contribution in [-0.4, -0.2) is 63.1 Å². The number of hydrogen-bond acceptors (Lipinski definition) is 5. The summed E-state index contributed by atoms with van der Waals surface area (Å²) in [6.07, 6.45) is 1.28. The monoisotopic (exact) mass is 208 g/mol. The fourth-order valence-corrected chi connectivity index (χ4v) is 0.595. The third-order valence-corrected chi connectivity index (χ3v) is 1.42. The Morgan fingerprint density at radius 1 is 0.857 bits per heavy atom. The average molecular weight is 208 g/mol. The van der Waals surface area contributed by atoms with Crippen molar-refractivity contribution in [1.82, 2.24) is 0 Å². The summed E-state index contributed by atoms with van der Waals surface area (Å²) in [6.45, 7) is 3.73. The molecule has 86 valence electrons. The lowest BCUT2D eigenvalue weighted by Crippen LogP contribution is -2.09. The number of aliphatic hydroxyl groups is 2. The van der Waals surface area contributed by atoms with Gasteiger partial charge in [0, 0.05) is 13.2 Å². The van der Waals surface area contributed by atoms with Gasteiger partial charge >= 0.3 is 0 Å². The Labute approximate surface area is 84.6 Å². The molecular formula is C9H20O5. The lowest BCUT2D eigenvalue weighted by Gasteiger charge is -2.09. The van der Waals surface area contributed by atoms with Crippen molar-refractivity contribution in [2.75, 3.05) is 52.9 Å². The van der Waals surface area contributed by atoms with Crippen molar-refractivity contribution in [3.8, 4) is 0 Å². The van der Waals surface area contributed by atoms with Gasteiger partial charge in [-0.05, 0) is 6.42 Å². The molecule has 0 saturated carbocycles. The molecule has 0 atom stereocenters. The van der Waals surface area contributed by atoms with E-state index in [9.17, 15) is 0 Å². The molecule has 0 radical (unpaired) electrons. The lowest BCUT2D eigenvalue weighted by molar-refractivity contribution is 0.0222. The predicted octanol–water partition coefficient (Wildman–Crippen LogP) is -0.589. The molecule has 5 nitrogen and oxygen atoms in total. The Morgan fingerprint density at radius 3 is 1.43 bits per heavy atom. The third kappa shape index (κ3) is 11.8. The van der Waals surface area contributed by atoms with Gasteiger partial charge in [-0.2, -0.15) is 0 Å². The molecule has 0 aromatic rings. The highest BCUT2D eigenvalue weighted by Gasteiger charge is 1.94. The van der Waals surface area contributed by atoms with Crippen molar-refractivity contribution >= 4 is 0 Å². The Hall–Kier alpha value is -0.200. The number of hydrogen-bond donors (Lipinski definition) is 2. The van der Waals surface area contributed by atoms with E-state index >= 15 is 0 Å². The zero-order chi connectivity index (χ0) is 10.5. The Kier molecular flexibility index (Phi) is 12.6. The van der Waals surface area contributed by atoms with Gasteiger partial charge in [0.25, 0.3) is 0 Å². The molecule has 5 heteroatoms. The van der Waals surface area contributed by atoms with Crippen LogP contribution in [0.25, 0.3) is 0 Å². The molecule has 0 aromatic carbocycles. The van der Waals surface area contributed by atoms with E-state index in [1.54, 1.807) is 0 Å². The van der Waals surface area contributed by atoms with Crippen molar-refractivity contribution in [1.29, 1.82) is 0 Å². The highest BCUT2D eigenvalue weighted by atomic mass is 16.5. The normalized spacial score (nSPS) is 14.1. The van der Waals surface area contributed by atoms with Crippen LogP contribution < -0.4 is 0 Å². The first-order valence-electron chi connectivity index (χ1n) is 4.86. The Balaban J connectivity index is 0.000000344. The molecule has 0 unspecified atom stereocenters. The summed E-state index contributed by atoms with van der Waals surface area (Å²) in [7, 11) is 0. The molecule has 1 rings (SSSR count). The van der Waals surface area contributed by atoms with Crippen LogP contribution in [0.15, 0.2) is 0 Å². The van der Waals surface area contributed by atoms with Crippen molar-refractivity contribution < 1.29 is 24.4 Å². The fraction of sp³-hybridized carbons (Fsp3) is 1.00. The molecule has 2 N–H and O–H groups in total. The van der Waals surface area contributed by atoms with Gasteiger partial charge in [-0.25, -0.2) is 0 Å². The van der Waals surface area contributed by atoms with Gasteiger partial charge < -0.3 is 24.4 Å². The van der Waals surface area contributed by atoms with E-state index in [-0.39, 0.29) is 13.2 Å². The molecule has 0 bridgehead atoms. The van der Waals surface area contributed by atoms with Crippen molar-refractivity contribution in [3.05, 3.63) is 0 Å². The van der Waals surface area contributed by atoms with Crippen LogP contribution in [0.5, 0.6) is 0 Å². The Bertz CT molecular complexity index is 83.2. The molecule has 1 aliphatic heterocycles. The standard InChI is InChI=1S/C6H14O4.C3H6O/c7-1-3-9-5-6-10-4-2-8;1-2-4-3-1/h7-8H,1-6H2;1-3H2. The van der Waals surface area contributed by atoms with Gasteiger partial charge in [0.05, 0.1) is 39.6 Å². The lowest BCUT2D eigenvalue weighted by atomic mass is 10.4. The second-order valence-corrected chi connectivity index (χ2v) is 2.64. The van der Waals surface area contributed by atoms with Crippen LogP contribution in [0, 0.1) is 0 Å². The minimum Gasteiger partial charge on any atom is -0.394 e. The summed E-state index contributed by atoms with van der Waals surface area (Å²) in [5, 5.41) is 16.5. The SMILES string of the molecule is C1COC1.OCCOCCOCCO. The topological polar surface area (TPSA) is 68.2 Å². The first kappa shape index (κ1) is 13.8. The number of rotatable bonds is 7. The van der Waals surface area contributed by atoms with Crippen LogP contribution in [0.1, 0.15) is 6.42 Å². The van der Waals surface area contributed by atoms with E-state index in [2.05, 4.69) is 0 Å². The van der Waals surface area contributed by atoms with Crippen molar-refractivity contribution in [2.45, 2.75) is 6.42 Å². The summed E-state index contributed by atoms with van der Waals surface area (Å²) < 4.78 is 14.5. The van der Waals surface area contributed by atoms with Crippen molar-refractivity contribution in [3.63, 3.8) is 0 Å². The molecule has 0 amide bonds. The summed E-state index contributed by atoms with van der Waals surface area (Å²) in [4.78, 5) is 0. The van der Waals surface area contributed by atoms with E-state index in [0.717, 1.165) is 13.2 Å². The second kappa shape index (κ2) is 12.8. The maximum Gasteiger partial charge on any atom is 0.0701 e. The van der Waals surface area contributed by atoms with Crippen LogP contribution >= 0.6 is 0 Å². The van der Waals surface area contributed by atoms with Gasteiger partial charge in [0.2, 0.25) is 0 Å². The summed E-state index contributed by atoms with van der Waals surface area (Å²) in [5.74, 6) is 0. The number of aliphatic hydroxyl groups excluding tert-OH is 2. The van der Waals surface area contributed by atoms with Crippen molar-refractivity contribution in [2.24, 2.45) is 0 Å². The van der Waals surface area contributed by atoms with E-state index in [0.29, 0.717) is 26.4 Å². The zero-order valence-corrected chi connectivity index (χ0v) is 8.48. The summed E-state index contributed by atoms with van der Waals surface area (Å²) >= 11 is 0. The molecule has 0 aliphatic carbocycles. The van der Waals surface area contributed by atoms with E-state index in [4.69, 9.17) is 24.4 Å².